The van der Waals surface area contributed by atoms with Crippen LogP contribution in [0.4, 0.5) is 0 Å². The molecule has 0 aromatic carbocycles. The van der Waals surface area contributed by atoms with Crippen molar-refractivity contribution in [2.45, 2.75) is 40.2 Å². The minimum atomic E-state index is 0.0789. The third-order valence-corrected chi connectivity index (χ3v) is 2.96. The summed E-state index contributed by atoms with van der Waals surface area (Å²) in [5, 5.41) is 0. The van der Waals surface area contributed by atoms with Gasteiger partial charge in [-0.15, -0.1) is 0 Å². The van der Waals surface area contributed by atoms with Crippen molar-refractivity contribution in [1.82, 2.24) is 9.88 Å². The van der Waals surface area contributed by atoms with E-state index in [1.807, 2.05) is 11.1 Å². The van der Waals surface area contributed by atoms with E-state index in [9.17, 15) is 4.79 Å². The van der Waals surface area contributed by atoms with E-state index in [1.54, 1.807) is 0 Å². The van der Waals surface area contributed by atoms with Gasteiger partial charge in [0.25, 0.3) is 0 Å². The lowest BCUT2D eigenvalue weighted by Gasteiger charge is -2.29. The molecule has 88 valence electrons. The topological polar surface area (TPSA) is 36.1 Å². The summed E-state index contributed by atoms with van der Waals surface area (Å²) in [6, 6.07) is 2.08. The molecule has 0 unspecified atom stereocenters. The maximum absolute atomic E-state index is 12.1. The summed E-state index contributed by atoms with van der Waals surface area (Å²) in [7, 11) is 0. The molecule has 0 saturated carbocycles. The lowest BCUT2D eigenvalue weighted by Crippen LogP contribution is -2.37. The van der Waals surface area contributed by atoms with Gasteiger partial charge in [0.15, 0.2) is 0 Å². The molecule has 1 aromatic rings. The average molecular weight is 220 g/mol. The first-order valence-corrected chi connectivity index (χ1v) is 5.89. The SMILES string of the molecule is CC(C)(C)CC(=O)N1CCc2[nH]ccc2C1. The van der Waals surface area contributed by atoms with E-state index < -0.39 is 0 Å². The molecule has 16 heavy (non-hydrogen) atoms. The second-order valence-electron chi connectivity index (χ2n) is 5.78. The zero-order valence-electron chi connectivity index (χ0n) is 10.3. The Morgan fingerprint density at radius 1 is 1.50 bits per heavy atom. The number of carbonyl (C=O) groups is 1. The molecule has 0 fully saturated rings. The van der Waals surface area contributed by atoms with E-state index in [0.717, 1.165) is 19.5 Å². The van der Waals surface area contributed by atoms with Crippen molar-refractivity contribution >= 4 is 5.91 Å². The number of hydrogen-bond acceptors (Lipinski definition) is 1. The number of carbonyl (C=O) groups excluding carboxylic acids is 1. The number of hydrogen-bond donors (Lipinski definition) is 1. The fraction of sp³-hybridized carbons (Fsp3) is 0.615. The third-order valence-electron chi connectivity index (χ3n) is 2.96. The molecule has 1 aromatic heterocycles. The van der Waals surface area contributed by atoms with Crippen LogP contribution in [-0.4, -0.2) is 22.3 Å². The van der Waals surface area contributed by atoms with Crippen LogP contribution in [0.2, 0.25) is 0 Å². The van der Waals surface area contributed by atoms with Crippen LogP contribution in [0.25, 0.3) is 0 Å². The standard InChI is InChI=1S/C13H20N2O/c1-13(2,3)8-12(16)15-7-5-11-10(9-15)4-6-14-11/h4,6,14H,5,7-9H2,1-3H3. The van der Waals surface area contributed by atoms with E-state index in [-0.39, 0.29) is 11.3 Å². The lowest BCUT2D eigenvalue weighted by molar-refractivity contribution is -0.134. The van der Waals surface area contributed by atoms with E-state index in [0.29, 0.717) is 6.42 Å². The number of aromatic nitrogens is 1. The molecule has 0 spiro atoms. The van der Waals surface area contributed by atoms with E-state index in [2.05, 4.69) is 31.8 Å². The van der Waals surface area contributed by atoms with E-state index in [4.69, 9.17) is 0 Å². The van der Waals surface area contributed by atoms with Gasteiger partial charge in [0.1, 0.15) is 0 Å². The lowest BCUT2D eigenvalue weighted by atomic mass is 9.91. The fourth-order valence-corrected chi connectivity index (χ4v) is 2.13. The normalized spacial score (nSPS) is 16.1. The Labute approximate surface area is 96.8 Å². The van der Waals surface area contributed by atoms with E-state index in [1.165, 1.54) is 11.3 Å². The second-order valence-corrected chi connectivity index (χ2v) is 5.78. The van der Waals surface area contributed by atoms with Crippen molar-refractivity contribution in [1.29, 1.82) is 0 Å². The van der Waals surface area contributed by atoms with Crippen LogP contribution in [0.3, 0.4) is 0 Å². The molecule has 0 aliphatic carbocycles. The van der Waals surface area contributed by atoms with E-state index >= 15 is 0 Å². The number of H-pyrrole nitrogens is 1. The van der Waals surface area contributed by atoms with Gasteiger partial charge < -0.3 is 9.88 Å². The Hall–Kier alpha value is -1.25. The molecule has 1 aliphatic heterocycles. The van der Waals surface area contributed by atoms with Gasteiger partial charge in [-0.2, -0.15) is 0 Å². The van der Waals surface area contributed by atoms with Gasteiger partial charge in [-0.1, -0.05) is 20.8 Å². The average Bonchev–Trinajstić information content (AvgIpc) is 2.61. The highest BCUT2D eigenvalue weighted by molar-refractivity contribution is 5.77. The number of amides is 1. The second kappa shape index (κ2) is 3.96. The Bertz CT molecular complexity index is 387. The van der Waals surface area contributed by atoms with Gasteiger partial charge in [0.2, 0.25) is 5.91 Å². The first kappa shape index (κ1) is 11.2. The summed E-state index contributed by atoms with van der Waals surface area (Å²) < 4.78 is 0. The first-order valence-electron chi connectivity index (χ1n) is 5.89. The van der Waals surface area contributed by atoms with Gasteiger partial charge in [-0.05, 0) is 17.0 Å². The number of nitrogens with zero attached hydrogens (tertiary/aromatic N) is 1. The van der Waals surface area contributed by atoms with Crippen molar-refractivity contribution in [3.8, 4) is 0 Å². The Morgan fingerprint density at radius 2 is 2.25 bits per heavy atom. The Morgan fingerprint density at radius 3 is 2.94 bits per heavy atom. The molecule has 1 amide bonds. The molecule has 0 saturated heterocycles. The van der Waals surface area contributed by atoms with Gasteiger partial charge in [-0.3, -0.25) is 4.79 Å². The van der Waals surface area contributed by atoms with Crippen molar-refractivity contribution < 1.29 is 4.79 Å². The van der Waals surface area contributed by atoms with Crippen LogP contribution in [-0.2, 0) is 17.8 Å². The predicted octanol–water partition coefficient (Wildman–Crippen LogP) is 2.34. The van der Waals surface area contributed by atoms with Crippen LogP contribution in [0, 0.1) is 5.41 Å². The smallest absolute Gasteiger partial charge is 0.223 e. The third kappa shape index (κ3) is 2.46. The summed E-state index contributed by atoms with van der Waals surface area (Å²) in [6.45, 7) is 7.94. The molecular weight excluding hydrogens is 200 g/mol. The minimum absolute atomic E-state index is 0.0789. The fourth-order valence-electron chi connectivity index (χ4n) is 2.13. The maximum Gasteiger partial charge on any atom is 0.223 e. The van der Waals surface area contributed by atoms with Crippen molar-refractivity contribution in [3.05, 3.63) is 23.5 Å². The minimum Gasteiger partial charge on any atom is -0.365 e. The van der Waals surface area contributed by atoms with Crippen LogP contribution in [0.5, 0.6) is 0 Å². The number of aromatic amines is 1. The molecular formula is C13H20N2O. The summed E-state index contributed by atoms with van der Waals surface area (Å²) in [5.41, 5.74) is 2.64. The molecule has 3 heteroatoms. The van der Waals surface area contributed by atoms with Gasteiger partial charge in [0, 0.05) is 37.8 Å². The Kier molecular flexibility index (Phi) is 2.78. The number of nitrogens with one attached hydrogen (secondary N) is 1. The largest absolute Gasteiger partial charge is 0.365 e. The molecule has 2 heterocycles. The highest BCUT2D eigenvalue weighted by atomic mass is 16.2. The highest BCUT2D eigenvalue weighted by Crippen LogP contribution is 2.23. The molecule has 2 rings (SSSR count). The molecule has 1 N–H and O–H groups in total. The summed E-state index contributed by atoms with van der Waals surface area (Å²) >= 11 is 0. The summed E-state index contributed by atoms with van der Waals surface area (Å²) in [4.78, 5) is 17.3. The first-order chi connectivity index (χ1) is 7.46. The van der Waals surface area contributed by atoms with Crippen molar-refractivity contribution in [2.24, 2.45) is 5.41 Å². The van der Waals surface area contributed by atoms with Gasteiger partial charge >= 0.3 is 0 Å². The zero-order valence-corrected chi connectivity index (χ0v) is 10.3. The van der Waals surface area contributed by atoms with Crippen molar-refractivity contribution in [2.75, 3.05) is 6.54 Å². The van der Waals surface area contributed by atoms with Gasteiger partial charge in [0.05, 0.1) is 0 Å². The van der Waals surface area contributed by atoms with Crippen LogP contribution < -0.4 is 0 Å². The number of rotatable bonds is 1. The quantitative estimate of drug-likeness (QED) is 0.774. The van der Waals surface area contributed by atoms with Crippen LogP contribution >= 0.6 is 0 Å². The summed E-state index contributed by atoms with van der Waals surface area (Å²) in [6.07, 6.45) is 3.55. The molecule has 3 nitrogen and oxygen atoms in total. The number of fused-ring (bicyclic) bond motifs is 1. The molecule has 1 aliphatic rings. The van der Waals surface area contributed by atoms with Gasteiger partial charge in [-0.25, -0.2) is 0 Å². The molecule has 0 radical (unpaired) electrons. The summed E-state index contributed by atoms with van der Waals surface area (Å²) in [5.74, 6) is 0.277. The predicted molar refractivity (Wildman–Crippen MR) is 64.0 cm³/mol. The molecule has 0 atom stereocenters. The zero-order chi connectivity index (χ0) is 11.8. The van der Waals surface area contributed by atoms with Crippen LogP contribution in [0.15, 0.2) is 12.3 Å². The molecule has 0 bridgehead atoms. The van der Waals surface area contributed by atoms with Crippen LogP contribution in [0.1, 0.15) is 38.4 Å². The van der Waals surface area contributed by atoms with Crippen molar-refractivity contribution in [3.63, 3.8) is 0 Å². The maximum atomic E-state index is 12.1. The highest BCUT2D eigenvalue weighted by Gasteiger charge is 2.24. The Balaban J connectivity index is 2.01. The monoisotopic (exact) mass is 220 g/mol.